The Hall–Kier alpha value is -3.45. The van der Waals surface area contributed by atoms with Crippen molar-refractivity contribution in [2.45, 2.75) is 12.3 Å². The van der Waals surface area contributed by atoms with E-state index in [1.165, 1.54) is 24.3 Å². The summed E-state index contributed by atoms with van der Waals surface area (Å²) in [5.74, 6) is -1.47. The molecule has 2 heterocycles. The van der Waals surface area contributed by atoms with E-state index < -0.39 is 11.8 Å². The van der Waals surface area contributed by atoms with Gasteiger partial charge in [0.2, 0.25) is 5.91 Å². The molecule has 1 aliphatic heterocycles. The molecular formula is C23H18FNO4S. The summed E-state index contributed by atoms with van der Waals surface area (Å²) in [5, 5.41) is 12.6. The van der Waals surface area contributed by atoms with Crippen LogP contribution < -0.4 is 10.1 Å². The Morgan fingerprint density at radius 3 is 2.70 bits per heavy atom. The molecule has 1 atom stereocenters. The van der Waals surface area contributed by atoms with Gasteiger partial charge in [-0.25, -0.2) is 9.18 Å². The third-order valence-electron chi connectivity index (χ3n) is 4.88. The number of carbonyl (C=O) groups is 2. The van der Waals surface area contributed by atoms with Crippen LogP contribution in [0.25, 0.3) is 11.1 Å². The maximum absolute atomic E-state index is 13.4. The topological polar surface area (TPSA) is 75.6 Å². The monoisotopic (exact) mass is 423 g/mol. The van der Waals surface area contributed by atoms with Crippen molar-refractivity contribution in [1.29, 1.82) is 0 Å². The molecule has 0 aliphatic carbocycles. The lowest BCUT2D eigenvalue weighted by molar-refractivity contribution is -0.116. The zero-order valence-corrected chi connectivity index (χ0v) is 16.7. The summed E-state index contributed by atoms with van der Waals surface area (Å²) >= 11 is 1.12. The Kier molecular flexibility index (Phi) is 5.37. The fourth-order valence-corrected chi connectivity index (χ4v) is 4.87. The molecule has 0 unspecified atom stereocenters. The molecule has 152 valence electrons. The van der Waals surface area contributed by atoms with Crippen molar-refractivity contribution in [3.05, 3.63) is 82.3 Å². The predicted molar refractivity (Wildman–Crippen MR) is 114 cm³/mol. The van der Waals surface area contributed by atoms with E-state index >= 15 is 0 Å². The smallest absolute Gasteiger partial charge is 0.346 e. The molecule has 4 rings (SSSR count). The van der Waals surface area contributed by atoms with Crippen molar-refractivity contribution < 1.29 is 23.8 Å². The van der Waals surface area contributed by atoms with Crippen molar-refractivity contribution in [3.63, 3.8) is 0 Å². The minimum absolute atomic E-state index is 0.100. The van der Waals surface area contributed by atoms with Crippen LogP contribution in [0.3, 0.4) is 0 Å². The maximum atomic E-state index is 13.4. The van der Waals surface area contributed by atoms with Gasteiger partial charge in [0.25, 0.3) is 0 Å². The molecule has 0 saturated heterocycles. The van der Waals surface area contributed by atoms with Crippen LogP contribution in [0, 0.1) is 5.82 Å². The van der Waals surface area contributed by atoms with Crippen LogP contribution in [0.1, 0.15) is 32.5 Å². The first-order valence-electron chi connectivity index (χ1n) is 9.28. The molecule has 0 saturated carbocycles. The highest BCUT2D eigenvalue weighted by molar-refractivity contribution is 7.15. The molecule has 1 aliphatic rings. The molecule has 1 amide bonds. The van der Waals surface area contributed by atoms with Gasteiger partial charge in [0.05, 0.1) is 5.69 Å². The number of anilines is 1. The molecule has 0 spiro atoms. The lowest BCUT2D eigenvalue weighted by Gasteiger charge is -2.25. The molecule has 1 aromatic heterocycles. The summed E-state index contributed by atoms with van der Waals surface area (Å²) < 4.78 is 19.2. The van der Waals surface area contributed by atoms with Crippen LogP contribution in [0.15, 0.2) is 61.2 Å². The van der Waals surface area contributed by atoms with Crippen LogP contribution in [-0.4, -0.2) is 23.6 Å². The third kappa shape index (κ3) is 3.59. The van der Waals surface area contributed by atoms with Crippen molar-refractivity contribution in [1.82, 2.24) is 0 Å². The van der Waals surface area contributed by atoms with Gasteiger partial charge in [0.1, 0.15) is 23.1 Å². The van der Waals surface area contributed by atoms with Crippen LogP contribution in [0.5, 0.6) is 5.75 Å². The number of carboxylic acids is 1. The summed E-state index contributed by atoms with van der Waals surface area (Å²) in [6.45, 7) is 3.97. The SMILES string of the molecule is C=CCOc1ccccc1[C@@H]1CC(=O)Nc2c1sc(C(=O)O)c2-c1ccc(F)cc1. The first-order chi connectivity index (χ1) is 14.5. The van der Waals surface area contributed by atoms with Gasteiger partial charge >= 0.3 is 5.97 Å². The van der Waals surface area contributed by atoms with Crippen LogP contribution in [0.4, 0.5) is 10.1 Å². The Balaban J connectivity index is 1.90. The average molecular weight is 423 g/mol. The number of amides is 1. The van der Waals surface area contributed by atoms with E-state index in [9.17, 15) is 19.1 Å². The maximum Gasteiger partial charge on any atom is 0.346 e. The second kappa shape index (κ2) is 8.12. The van der Waals surface area contributed by atoms with Gasteiger partial charge in [-0.1, -0.05) is 43.0 Å². The number of hydrogen-bond donors (Lipinski definition) is 2. The zero-order valence-electron chi connectivity index (χ0n) is 15.9. The normalized spacial score (nSPS) is 15.2. The van der Waals surface area contributed by atoms with E-state index in [-0.39, 0.29) is 23.1 Å². The molecule has 0 bridgehead atoms. The lowest BCUT2D eigenvalue weighted by atomic mass is 9.88. The van der Waals surface area contributed by atoms with E-state index in [0.717, 1.165) is 21.8 Å². The molecule has 3 aromatic rings. The molecule has 0 fully saturated rings. The number of carbonyl (C=O) groups excluding carboxylic acids is 1. The van der Waals surface area contributed by atoms with E-state index in [0.29, 0.717) is 29.2 Å². The van der Waals surface area contributed by atoms with Gasteiger partial charge in [-0.05, 0) is 23.8 Å². The summed E-state index contributed by atoms with van der Waals surface area (Å²) in [4.78, 5) is 25.4. The first kappa shape index (κ1) is 19.8. The second-order valence-corrected chi connectivity index (χ2v) is 7.85. The third-order valence-corrected chi connectivity index (χ3v) is 6.18. The van der Waals surface area contributed by atoms with Crippen molar-refractivity contribution >= 4 is 28.9 Å². The largest absolute Gasteiger partial charge is 0.489 e. The Morgan fingerprint density at radius 1 is 1.27 bits per heavy atom. The Labute approximate surface area is 176 Å². The first-order valence-corrected chi connectivity index (χ1v) is 10.1. The summed E-state index contributed by atoms with van der Waals surface area (Å²) in [5.41, 5.74) is 2.19. The molecular weight excluding hydrogens is 405 g/mol. The highest BCUT2D eigenvalue weighted by atomic mass is 32.1. The number of hydrogen-bond acceptors (Lipinski definition) is 4. The van der Waals surface area contributed by atoms with E-state index in [1.807, 2.05) is 24.3 Å². The highest BCUT2D eigenvalue weighted by Crippen LogP contribution is 2.50. The molecule has 0 radical (unpaired) electrons. The van der Waals surface area contributed by atoms with Crippen LogP contribution >= 0.6 is 11.3 Å². The average Bonchev–Trinajstić information content (AvgIpc) is 3.12. The molecule has 7 heteroatoms. The van der Waals surface area contributed by atoms with Gasteiger partial charge in [-0.3, -0.25) is 4.79 Å². The number of fused-ring (bicyclic) bond motifs is 1. The van der Waals surface area contributed by atoms with Crippen molar-refractivity contribution in [3.8, 4) is 16.9 Å². The van der Waals surface area contributed by atoms with Crippen molar-refractivity contribution in [2.24, 2.45) is 0 Å². The van der Waals surface area contributed by atoms with Gasteiger partial charge in [-0.2, -0.15) is 0 Å². The quantitative estimate of drug-likeness (QED) is 0.528. The standard InChI is InChI=1S/C23H18FNO4S/c1-2-11-29-17-6-4-3-5-15(17)16-12-18(26)25-20-19(13-7-9-14(24)10-8-13)22(23(27)28)30-21(16)20/h2-10,16H,1,11-12H2,(H,25,26)(H,27,28)/t16-/m0/s1. The Bertz CT molecular complexity index is 1140. The minimum atomic E-state index is -1.10. The number of para-hydroxylation sites is 1. The van der Waals surface area contributed by atoms with Crippen LogP contribution in [-0.2, 0) is 4.79 Å². The minimum Gasteiger partial charge on any atom is -0.489 e. The van der Waals surface area contributed by atoms with Gasteiger partial charge in [0.15, 0.2) is 0 Å². The van der Waals surface area contributed by atoms with E-state index in [4.69, 9.17) is 4.74 Å². The van der Waals surface area contributed by atoms with E-state index in [2.05, 4.69) is 11.9 Å². The number of benzene rings is 2. The molecule has 5 nitrogen and oxygen atoms in total. The lowest BCUT2D eigenvalue weighted by Crippen LogP contribution is -2.23. The Morgan fingerprint density at radius 2 is 2.00 bits per heavy atom. The highest BCUT2D eigenvalue weighted by Gasteiger charge is 2.35. The molecule has 2 N–H and O–H groups in total. The van der Waals surface area contributed by atoms with E-state index in [1.54, 1.807) is 6.08 Å². The number of thiophene rings is 1. The number of nitrogens with one attached hydrogen (secondary N) is 1. The van der Waals surface area contributed by atoms with Gasteiger partial charge in [-0.15, -0.1) is 11.3 Å². The fourth-order valence-electron chi connectivity index (χ4n) is 3.63. The number of halogens is 1. The number of carboxylic acid groups (broad SMARTS) is 1. The van der Waals surface area contributed by atoms with Gasteiger partial charge < -0.3 is 15.2 Å². The fraction of sp³-hybridized carbons (Fsp3) is 0.130. The number of rotatable bonds is 6. The number of ether oxygens (including phenoxy) is 1. The summed E-state index contributed by atoms with van der Waals surface area (Å²) in [6.07, 6.45) is 1.81. The summed E-state index contributed by atoms with van der Waals surface area (Å²) in [7, 11) is 0. The van der Waals surface area contributed by atoms with Crippen LogP contribution in [0.2, 0.25) is 0 Å². The number of aromatic carboxylic acids is 1. The molecule has 2 aromatic carbocycles. The van der Waals surface area contributed by atoms with Gasteiger partial charge in [0, 0.05) is 28.3 Å². The molecule has 30 heavy (non-hydrogen) atoms. The second-order valence-electron chi connectivity index (χ2n) is 6.80. The predicted octanol–water partition coefficient (Wildman–Crippen LogP) is 5.29. The summed E-state index contributed by atoms with van der Waals surface area (Å²) in [6, 6.07) is 13.0. The van der Waals surface area contributed by atoms with Crippen molar-refractivity contribution in [2.75, 3.05) is 11.9 Å². The zero-order chi connectivity index (χ0) is 21.3.